The molecule has 1 N–H and O–H groups in total. The second kappa shape index (κ2) is 7.14. The van der Waals surface area contributed by atoms with Gasteiger partial charge in [-0.3, -0.25) is 4.79 Å². The number of hydrogen-bond acceptors (Lipinski definition) is 2. The van der Waals surface area contributed by atoms with Crippen LogP contribution in [-0.2, 0) is 4.79 Å². The average Bonchev–Trinajstić information content (AvgIpc) is 2.53. The summed E-state index contributed by atoms with van der Waals surface area (Å²) in [4.78, 5) is 14.0. The highest BCUT2D eigenvalue weighted by atomic mass is 35.5. The number of para-hydroxylation sites is 1. The third kappa shape index (κ3) is 4.23. The predicted octanol–water partition coefficient (Wildman–Crippen LogP) is 3.97. The Morgan fingerprint density at radius 2 is 1.76 bits per heavy atom. The second-order valence-electron chi connectivity index (χ2n) is 4.95. The zero-order valence-corrected chi connectivity index (χ0v) is 13.0. The Morgan fingerprint density at radius 1 is 1.14 bits per heavy atom. The van der Waals surface area contributed by atoms with Crippen LogP contribution in [0.4, 0.5) is 5.69 Å². The standard InChI is InChI=1S/C17H19ClN2O/c1-13(14-8-10-15(18)11-9-14)20(2)17(21)12-19-16-6-4-3-5-7-16/h3-11,13,19H,12H2,1-2H3. The number of carbonyl (C=O) groups excluding carboxylic acids is 1. The van der Waals surface area contributed by atoms with E-state index in [-0.39, 0.29) is 18.5 Å². The maximum Gasteiger partial charge on any atom is 0.242 e. The maximum absolute atomic E-state index is 12.2. The molecule has 0 aliphatic rings. The lowest BCUT2D eigenvalue weighted by Crippen LogP contribution is -2.34. The van der Waals surface area contributed by atoms with Crippen LogP contribution in [0.2, 0.25) is 5.02 Å². The van der Waals surface area contributed by atoms with Crippen LogP contribution in [-0.4, -0.2) is 24.4 Å². The molecule has 2 aromatic carbocycles. The lowest BCUT2D eigenvalue weighted by atomic mass is 10.1. The van der Waals surface area contributed by atoms with Crippen molar-refractivity contribution in [1.82, 2.24) is 4.90 Å². The van der Waals surface area contributed by atoms with Crippen molar-refractivity contribution in [3.8, 4) is 0 Å². The number of anilines is 1. The van der Waals surface area contributed by atoms with E-state index in [1.54, 1.807) is 4.90 Å². The molecule has 0 heterocycles. The molecule has 1 atom stereocenters. The number of halogens is 1. The first-order valence-corrected chi connectivity index (χ1v) is 7.26. The lowest BCUT2D eigenvalue weighted by Gasteiger charge is -2.25. The van der Waals surface area contributed by atoms with Crippen molar-refractivity contribution < 1.29 is 4.79 Å². The van der Waals surface area contributed by atoms with E-state index in [0.717, 1.165) is 11.3 Å². The fraction of sp³-hybridized carbons (Fsp3) is 0.235. The van der Waals surface area contributed by atoms with E-state index in [0.29, 0.717) is 5.02 Å². The fourth-order valence-electron chi connectivity index (χ4n) is 2.04. The number of benzene rings is 2. The SMILES string of the molecule is CC(c1ccc(Cl)cc1)N(C)C(=O)CNc1ccccc1. The molecule has 0 spiro atoms. The van der Waals surface area contributed by atoms with E-state index >= 15 is 0 Å². The predicted molar refractivity (Wildman–Crippen MR) is 87.6 cm³/mol. The Bertz CT molecular complexity index is 583. The summed E-state index contributed by atoms with van der Waals surface area (Å²) >= 11 is 5.89. The number of likely N-dealkylation sites (N-methyl/N-ethyl adjacent to an activating group) is 1. The lowest BCUT2D eigenvalue weighted by molar-refractivity contribution is -0.129. The molecule has 0 aliphatic heterocycles. The summed E-state index contributed by atoms with van der Waals surface area (Å²) in [7, 11) is 1.81. The highest BCUT2D eigenvalue weighted by Gasteiger charge is 2.16. The molecule has 0 radical (unpaired) electrons. The zero-order valence-electron chi connectivity index (χ0n) is 12.2. The molecule has 0 bridgehead atoms. The molecule has 2 aromatic rings. The van der Waals surface area contributed by atoms with Crippen LogP contribution < -0.4 is 5.32 Å². The maximum atomic E-state index is 12.2. The molecule has 0 fully saturated rings. The summed E-state index contributed by atoms with van der Waals surface area (Å²) in [5.41, 5.74) is 2.01. The first kappa shape index (κ1) is 15.4. The molecule has 1 unspecified atom stereocenters. The average molecular weight is 303 g/mol. The van der Waals surface area contributed by atoms with Crippen LogP contribution in [0.1, 0.15) is 18.5 Å². The number of carbonyl (C=O) groups is 1. The van der Waals surface area contributed by atoms with Crippen molar-refractivity contribution in [3.63, 3.8) is 0 Å². The molecule has 21 heavy (non-hydrogen) atoms. The molecule has 0 saturated carbocycles. The molecular formula is C17H19ClN2O. The molecular weight excluding hydrogens is 284 g/mol. The van der Waals surface area contributed by atoms with Gasteiger partial charge < -0.3 is 10.2 Å². The minimum atomic E-state index is 0.00680. The fourth-order valence-corrected chi connectivity index (χ4v) is 2.17. The summed E-state index contributed by atoms with van der Waals surface area (Å²) in [6.45, 7) is 2.28. The quantitative estimate of drug-likeness (QED) is 0.906. The second-order valence-corrected chi connectivity index (χ2v) is 5.39. The van der Waals surface area contributed by atoms with Gasteiger partial charge in [-0.25, -0.2) is 0 Å². The summed E-state index contributed by atoms with van der Waals surface area (Å²) < 4.78 is 0. The molecule has 1 amide bonds. The largest absolute Gasteiger partial charge is 0.376 e. The van der Waals surface area contributed by atoms with Gasteiger partial charge in [0, 0.05) is 17.8 Å². The van der Waals surface area contributed by atoms with Gasteiger partial charge in [0.25, 0.3) is 0 Å². The Labute approximate surface area is 130 Å². The molecule has 4 heteroatoms. The van der Waals surface area contributed by atoms with E-state index in [1.807, 2.05) is 68.6 Å². The third-order valence-electron chi connectivity index (χ3n) is 3.54. The number of nitrogens with one attached hydrogen (secondary N) is 1. The number of amides is 1. The van der Waals surface area contributed by atoms with Crippen LogP contribution >= 0.6 is 11.6 Å². The molecule has 3 nitrogen and oxygen atoms in total. The third-order valence-corrected chi connectivity index (χ3v) is 3.80. The number of nitrogens with zero attached hydrogens (tertiary/aromatic N) is 1. The zero-order chi connectivity index (χ0) is 15.2. The Morgan fingerprint density at radius 3 is 2.38 bits per heavy atom. The van der Waals surface area contributed by atoms with Gasteiger partial charge in [0.2, 0.25) is 5.91 Å². The van der Waals surface area contributed by atoms with Gasteiger partial charge in [-0.15, -0.1) is 0 Å². The van der Waals surface area contributed by atoms with Crippen molar-refractivity contribution in [2.24, 2.45) is 0 Å². The molecule has 110 valence electrons. The first-order valence-electron chi connectivity index (χ1n) is 6.88. The summed E-state index contributed by atoms with van der Waals surface area (Å²) in [6, 6.07) is 17.3. The van der Waals surface area contributed by atoms with E-state index in [1.165, 1.54) is 0 Å². The monoisotopic (exact) mass is 302 g/mol. The molecule has 0 aromatic heterocycles. The number of rotatable bonds is 5. The number of hydrogen-bond donors (Lipinski definition) is 1. The summed E-state index contributed by atoms with van der Waals surface area (Å²) in [6.07, 6.45) is 0. The topological polar surface area (TPSA) is 32.3 Å². The van der Waals surface area contributed by atoms with Crippen LogP contribution in [0.25, 0.3) is 0 Å². The highest BCUT2D eigenvalue weighted by molar-refractivity contribution is 6.30. The molecule has 0 saturated heterocycles. The highest BCUT2D eigenvalue weighted by Crippen LogP contribution is 2.20. The first-order chi connectivity index (χ1) is 10.1. The normalized spacial score (nSPS) is 11.8. The van der Waals surface area contributed by atoms with Crippen molar-refractivity contribution in [3.05, 3.63) is 65.2 Å². The van der Waals surface area contributed by atoms with Crippen molar-refractivity contribution >= 4 is 23.2 Å². The molecule has 2 rings (SSSR count). The van der Waals surface area contributed by atoms with Crippen LogP contribution in [0, 0.1) is 0 Å². The van der Waals surface area contributed by atoms with Crippen molar-refractivity contribution in [1.29, 1.82) is 0 Å². The van der Waals surface area contributed by atoms with Gasteiger partial charge in [-0.1, -0.05) is 41.9 Å². The van der Waals surface area contributed by atoms with E-state index < -0.39 is 0 Å². The summed E-state index contributed by atoms with van der Waals surface area (Å²) in [5, 5.41) is 3.83. The minimum Gasteiger partial charge on any atom is -0.376 e. The van der Waals surface area contributed by atoms with E-state index in [2.05, 4.69) is 5.32 Å². The Hall–Kier alpha value is -2.00. The smallest absolute Gasteiger partial charge is 0.242 e. The van der Waals surface area contributed by atoms with Gasteiger partial charge in [-0.05, 0) is 36.8 Å². The Kier molecular flexibility index (Phi) is 5.23. The van der Waals surface area contributed by atoms with Gasteiger partial charge in [0.1, 0.15) is 0 Å². The summed E-state index contributed by atoms with van der Waals surface area (Å²) in [5.74, 6) is 0.0429. The van der Waals surface area contributed by atoms with E-state index in [4.69, 9.17) is 11.6 Å². The Balaban J connectivity index is 1.94. The molecule has 0 aliphatic carbocycles. The van der Waals surface area contributed by atoms with Gasteiger partial charge >= 0.3 is 0 Å². The van der Waals surface area contributed by atoms with Gasteiger partial charge in [0.15, 0.2) is 0 Å². The van der Waals surface area contributed by atoms with Gasteiger partial charge in [-0.2, -0.15) is 0 Å². The van der Waals surface area contributed by atoms with Gasteiger partial charge in [0.05, 0.1) is 12.6 Å². The van der Waals surface area contributed by atoms with E-state index in [9.17, 15) is 4.79 Å². The van der Waals surface area contributed by atoms with Crippen LogP contribution in [0.15, 0.2) is 54.6 Å². The van der Waals surface area contributed by atoms with Crippen molar-refractivity contribution in [2.75, 3.05) is 18.9 Å². The van der Waals surface area contributed by atoms with Crippen LogP contribution in [0.5, 0.6) is 0 Å². The van der Waals surface area contributed by atoms with Crippen molar-refractivity contribution in [2.45, 2.75) is 13.0 Å². The minimum absolute atomic E-state index is 0.00680. The van der Waals surface area contributed by atoms with Crippen LogP contribution in [0.3, 0.4) is 0 Å².